The van der Waals surface area contributed by atoms with Crippen LogP contribution in [0.15, 0.2) is 48.5 Å². The average molecular weight is 417 g/mol. The van der Waals surface area contributed by atoms with E-state index in [0.29, 0.717) is 37.4 Å². The second-order valence-corrected chi connectivity index (χ2v) is 8.58. The topological polar surface area (TPSA) is 105 Å². The van der Waals surface area contributed by atoms with Crippen molar-refractivity contribution in [1.82, 2.24) is 5.32 Å². The summed E-state index contributed by atoms with van der Waals surface area (Å²) in [6.45, 7) is 0.696. The normalized spacial score (nSPS) is 15.0. The smallest absolute Gasteiger partial charge is 0.313 e. The minimum Gasteiger partial charge on any atom is -0.495 e. The Hall–Kier alpha value is -3.07. The lowest BCUT2D eigenvalue weighted by Crippen LogP contribution is -2.36. The molecule has 1 saturated heterocycles. The molecule has 0 spiro atoms. The van der Waals surface area contributed by atoms with Gasteiger partial charge in [0.2, 0.25) is 10.0 Å². The van der Waals surface area contributed by atoms with Crippen LogP contribution < -0.4 is 19.7 Å². The summed E-state index contributed by atoms with van der Waals surface area (Å²) in [5.74, 6) is -1.21. The monoisotopic (exact) mass is 417 g/mol. The summed E-state index contributed by atoms with van der Waals surface area (Å²) in [7, 11) is -1.93. The number of carbonyl (C=O) groups excluding carboxylic acids is 2. The minimum atomic E-state index is -3.36. The summed E-state index contributed by atoms with van der Waals surface area (Å²) >= 11 is 0. The number of amides is 2. The fraction of sp³-hybridized carbons (Fsp3) is 0.300. The number of carbonyl (C=O) groups is 2. The van der Waals surface area contributed by atoms with Crippen molar-refractivity contribution in [2.45, 2.75) is 12.8 Å². The summed E-state index contributed by atoms with van der Waals surface area (Å²) in [6.07, 6.45) is 1.14. The lowest BCUT2D eigenvalue weighted by atomic mass is 10.1. The number of benzene rings is 2. The average Bonchev–Trinajstić information content (AvgIpc) is 3.07. The van der Waals surface area contributed by atoms with Crippen molar-refractivity contribution >= 4 is 33.2 Å². The largest absolute Gasteiger partial charge is 0.495 e. The van der Waals surface area contributed by atoms with Crippen LogP contribution in [0, 0.1) is 0 Å². The van der Waals surface area contributed by atoms with E-state index in [2.05, 4.69) is 10.6 Å². The third-order valence-corrected chi connectivity index (χ3v) is 6.44. The molecule has 1 aliphatic heterocycles. The first-order chi connectivity index (χ1) is 13.9. The number of methoxy groups -OCH3 is 1. The van der Waals surface area contributed by atoms with Crippen molar-refractivity contribution in [1.29, 1.82) is 0 Å². The molecule has 154 valence electrons. The molecule has 1 heterocycles. The van der Waals surface area contributed by atoms with Gasteiger partial charge in [-0.25, -0.2) is 8.42 Å². The third kappa shape index (κ3) is 5.05. The lowest BCUT2D eigenvalue weighted by molar-refractivity contribution is -0.136. The van der Waals surface area contributed by atoms with E-state index in [4.69, 9.17) is 4.74 Å². The van der Waals surface area contributed by atoms with Crippen LogP contribution in [0.3, 0.4) is 0 Å². The van der Waals surface area contributed by atoms with Gasteiger partial charge < -0.3 is 15.4 Å². The van der Waals surface area contributed by atoms with Crippen LogP contribution in [0.5, 0.6) is 5.75 Å². The van der Waals surface area contributed by atoms with E-state index in [-0.39, 0.29) is 11.4 Å². The Morgan fingerprint density at radius 3 is 2.52 bits per heavy atom. The highest BCUT2D eigenvalue weighted by atomic mass is 32.2. The molecule has 1 aliphatic rings. The molecular weight excluding hydrogens is 394 g/mol. The van der Waals surface area contributed by atoms with Crippen molar-refractivity contribution in [3.63, 3.8) is 0 Å². The minimum absolute atomic E-state index is 0.0878. The number of rotatable bonds is 6. The SMILES string of the molecule is COc1ccc(N2CCCS2(=O)=O)cc1NC(=O)C(=O)NCCc1ccccc1. The summed E-state index contributed by atoms with van der Waals surface area (Å²) in [4.78, 5) is 24.4. The zero-order valence-corrected chi connectivity index (χ0v) is 16.9. The molecule has 0 aromatic heterocycles. The third-order valence-electron chi connectivity index (χ3n) is 4.57. The van der Waals surface area contributed by atoms with Gasteiger partial charge in [-0.05, 0) is 36.6 Å². The number of hydrogen-bond donors (Lipinski definition) is 2. The van der Waals surface area contributed by atoms with Crippen LogP contribution in [-0.4, -0.2) is 46.2 Å². The molecule has 2 aromatic rings. The molecule has 8 nitrogen and oxygen atoms in total. The molecule has 0 radical (unpaired) electrons. The standard InChI is InChI=1S/C20H23N3O5S/c1-28-18-9-8-16(23-12-5-13-29(23,26)27)14-17(18)22-20(25)19(24)21-11-10-15-6-3-2-4-7-15/h2-4,6-9,14H,5,10-13H2,1H3,(H,21,24)(H,22,25). The first-order valence-corrected chi connectivity index (χ1v) is 10.8. The second kappa shape index (κ2) is 8.95. The number of sulfonamides is 1. The van der Waals surface area contributed by atoms with E-state index in [1.165, 1.54) is 17.5 Å². The van der Waals surface area contributed by atoms with E-state index in [0.717, 1.165) is 5.56 Å². The molecule has 9 heteroatoms. The molecular formula is C20H23N3O5S. The fourth-order valence-electron chi connectivity index (χ4n) is 3.10. The van der Waals surface area contributed by atoms with E-state index < -0.39 is 21.8 Å². The van der Waals surface area contributed by atoms with Crippen LogP contribution in [0.1, 0.15) is 12.0 Å². The highest BCUT2D eigenvalue weighted by Crippen LogP contribution is 2.32. The van der Waals surface area contributed by atoms with Gasteiger partial charge in [0, 0.05) is 13.1 Å². The second-order valence-electron chi connectivity index (χ2n) is 6.57. The van der Waals surface area contributed by atoms with Crippen molar-refractivity contribution in [2.75, 3.05) is 35.6 Å². The summed E-state index contributed by atoms with van der Waals surface area (Å²) in [5, 5.41) is 5.08. The molecule has 2 N–H and O–H groups in total. The highest BCUT2D eigenvalue weighted by Gasteiger charge is 2.29. The van der Waals surface area contributed by atoms with E-state index in [1.807, 2.05) is 30.3 Å². The lowest BCUT2D eigenvalue weighted by Gasteiger charge is -2.19. The Morgan fingerprint density at radius 1 is 1.10 bits per heavy atom. The fourth-order valence-corrected chi connectivity index (χ4v) is 4.66. The predicted octanol–water partition coefficient (Wildman–Crippen LogP) is 1.53. The van der Waals surface area contributed by atoms with Crippen molar-refractivity contribution in [3.8, 4) is 5.75 Å². The molecule has 0 atom stereocenters. The van der Waals surface area contributed by atoms with Crippen LogP contribution >= 0.6 is 0 Å². The maximum atomic E-state index is 12.3. The zero-order valence-electron chi connectivity index (χ0n) is 16.1. The number of nitrogens with one attached hydrogen (secondary N) is 2. The van der Waals surface area contributed by atoms with Gasteiger partial charge in [-0.3, -0.25) is 13.9 Å². The zero-order chi connectivity index (χ0) is 20.9. The van der Waals surface area contributed by atoms with Crippen molar-refractivity contribution < 1.29 is 22.7 Å². The van der Waals surface area contributed by atoms with Gasteiger partial charge >= 0.3 is 11.8 Å². The highest BCUT2D eigenvalue weighted by molar-refractivity contribution is 7.93. The van der Waals surface area contributed by atoms with Gasteiger partial charge in [-0.1, -0.05) is 30.3 Å². The van der Waals surface area contributed by atoms with Crippen LogP contribution in [0.25, 0.3) is 0 Å². The summed E-state index contributed by atoms with van der Waals surface area (Å²) in [5.41, 5.74) is 1.70. The van der Waals surface area contributed by atoms with Gasteiger partial charge in [-0.15, -0.1) is 0 Å². The van der Waals surface area contributed by atoms with Crippen LogP contribution in [0.4, 0.5) is 11.4 Å². The molecule has 1 fully saturated rings. The molecule has 0 aliphatic carbocycles. The number of nitrogens with zero attached hydrogens (tertiary/aromatic N) is 1. The predicted molar refractivity (Wildman–Crippen MR) is 111 cm³/mol. The number of ether oxygens (including phenoxy) is 1. The Balaban J connectivity index is 1.65. The van der Waals surface area contributed by atoms with Gasteiger partial charge in [0.1, 0.15) is 5.75 Å². The summed E-state index contributed by atoms with van der Waals surface area (Å²) in [6, 6.07) is 14.3. The summed E-state index contributed by atoms with van der Waals surface area (Å²) < 4.78 is 30.8. The van der Waals surface area contributed by atoms with E-state index in [9.17, 15) is 18.0 Å². The quantitative estimate of drug-likeness (QED) is 0.694. The number of anilines is 2. The Bertz CT molecular complexity index is 992. The molecule has 3 rings (SSSR count). The van der Waals surface area contributed by atoms with Gasteiger partial charge in [0.25, 0.3) is 0 Å². The molecule has 2 amide bonds. The van der Waals surface area contributed by atoms with Crippen LogP contribution in [-0.2, 0) is 26.0 Å². The molecule has 0 unspecified atom stereocenters. The van der Waals surface area contributed by atoms with Crippen molar-refractivity contribution in [2.24, 2.45) is 0 Å². The first-order valence-electron chi connectivity index (χ1n) is 9.22. The molecule has 0 saturated carbocycles. The Labute approximate surface area is 169 Å². The maximum Gasteiger partial charge on any atom is 0.313 e. The van der Waals surface area contributed by atoms with Gasteiger partial charge in [0.05, 0.1) is 24.2 Å². The maximum absolute atomic E-state index is 12.3. The Morgan fingerprint density at radius 2 is 1.86 bits per heavy atom. The van der Waals surface area contributed by atoms with Crippen molar-refractivity contribution in [3.05, 3.63) is 54.1 Å². The van der Waals surface area contributed by atoms with E-state index in [1.54, 1.807) is 12.1 Å². The molecule has 0 bridgehead atoms. The first kappa shape index (κ1) is 20.7. The van der Waals surface area contributed by atoms with E-state index >= 15 is 0 Å². The Kier molecular flexibility index (Phi) is 6.38. The van der Waals surface area contributed by atoms with Gasteiger partial charge in [-0.2, -0.15) is 0 Å². The molecule has 29 heavy (non-hydrogen) atoms. The molecule has 2 aromatic carbocycles. The van der Waals surface area contributed by atoms with Crippen LogP contribution in [0.2, 0.25) is 0 Å². The number of hydrogen-bond acceptors (Lipinski definition) is 5. The van der Waals surface area contributed by atoms with Gasteiger partial charge in [0.15, 0.2) is 0 Å².